The normalized spacial score (nSPS) is 11.2. The first-order valence-corrected chi connectivity index (χ1v) is 7.79. The van der Waals surface area contributed by atoms with E-state index in [4.69, 9.17) is 15.6 Å². The summed E-state index contributed by atoms with van der Waals surface area (Å²) in [7, 11) is 0. The molecule has 5 nitrogen and oxygen atoms in total. The first-order valence-electron chi connectivity index (χ1n) is 7.79. The smallest absolute Gasteiger partial charge is 0.303 e. The van der Waals surface area contributed by atoms with Gasteiger partial charge >= 0.3 is 5.97 Å². The highest BCUT2D eigenvalue weighted by atomic mass is 19.1. The van der Waals surface area contributed by atoms with Crippen molar-refractivity contribution >= 4 is 11.9 Å². The maximum absolute atomic E-state index is 13.6. The van der Waals surface area contributed by atoms with E-state index in [0.717, 1.165) is 0 Å². The number of carbonyl (C=O) groups is 2. The van der Waals surface area contributed by atoms with Gasteiger partial charge < -0.3 is 15.6 Å². The number of carbonyl (C=O) groups excluding carboxylic acids is 1. The molecule has 1 aromatic rings. The zero-order valence-electron chi connectivity index (χ0n) is 13.7. The summed E-state index contributed by atoms with van der Waals surface area (Å²) in [5, 5.41) is 8.54. The third-order valence-corrected chi connectivity index (χ3v) is 3.21. The van der Waals surface area contributed by atoms with Crippen molar-refractivity contribution in [3.63, 3.8) is 0 Å². The summed E-state index contributed by atoms with van der Waals surface area (Å²) in [4.78, 5) is 21.1. The molecule has 0 radical (unpaired) electrons. The monoisotopic (exact) mass is 335 g/mol. The van der Waals surface area contributed by atoms with Gasteiger partial charge in [-0.05, 0) is 30.9 Å². The van der Waals surface area contributed by atoms with Gasteiger partial charge in [-0.1, -0.05) is 18.8 Å². The molecular weight excluding hydrogens is 313 g/mol. The molecule has 0 saturated carbocycles. The molecule has 0 bridgehead atoms. The standard InChI is InChI=1S/C18H22FNO4/c1-13(7-8-17(20)21)12-24-16-10-14(9-15(19)11-16)5-3-2-4-6-18(22)23/h9-11,13H,2,4,6-8,12H2,1H3,(H2,20,21)(H,22,23)/t13-/m0/s1. The lowest BCUT2D eigenvalue weighted by Gasteiger charge is -2.12. The van der Waals surface area contributed by atoms with E-state index in [0.29, 0.717) is 43.6 Å². The van der Waals surface area contributed by atoms with Gasteiger partial charge in [-0.3, -0.25) is 9.59 Å². The Morgan fingerprint density at radius 2 is 2.08 bits per heavy atom. The average Bonchev–Trinajstić information content (AvgIpc) is 2.49. The summed E-state index contributed by atoms with van der Waals surface area (Å²) in [6.07, 6.45) is 1.86. The number of nitrogens with two attached hydrogens (primary N) is 1. The largest absolute Gasteiger partial charge is 0.493 e. The van der Waals surface area contributed by atoms with Crippen LogP contribution in [0, 0.1) is 23.6 Å². The molecule has 0 aromatic heterocycles. The van der Waals surface area contributed by atoms with Crippen LogP contribution in [0.5, 0.6) is 5.75 Å². The van der Waals surface area contributed by atoms with E-state index >= 15 is 0 Å². The molecule has 0 aliphatic carbocycles. The van der Waals surface area contributed by atoms with Gasteiger partial charge in [0.25, 0.3) is 0 Å². The van der Waals surface area contributed by atoms with Gasteiger partial charge in [0.1, 0.15) is 11.6 Å². The molecule has 0 aliphatic rings. The number of rotatable bonds is 9. The summed E-state index contributed by atoms with van der Waals surface area (Å²) in [5.41, 5.74) is 5.57. The average molecular weight is 335 g/mol. The second-order valence-corrected chi connectivity index (χ2v) is 5.65. The Balaban J connectivity index is 2.55. The van der Waals surface area contributed by atoms with Crippen LogP contribution in [0.15, 0.2) is 18.2 Å². The predicted octanol–water partition coefficient (Wildman–Crippen LogP) is 2.71. The number of carboxylic acid groups (broad SMARTS) is 1. The van der Waals surface area contributed by atoms with E-state index in [9.17, 15) is 14.0 Å². The van der Waals surface area contributed by atoms with Crippen molar-refractivity contribution in [2.75, 3.05) is 6.61 Å². The van der Waals surface area contributed by atoms with Crippen LogP contribution >= 0.6 is 0 Å². The van der Waals surface area contributed by atoms with Crippen LogP contribution in [-0.4, -0.2) is 23.6 Å². The number of benzene rings is 1. The van der Waals surface area contributed by atoms with E-state index in [2.05, 4.69) is 11.8 Å². The minimum absolute atomic E-state index is 0.0649. The van der Waals surface area contributed by atoms with Crippen LogP contribution in [0.3, 0.4) is 0 Å². The van der Waals surface area contributed by atoms with Crippen molar-refractivity contribution in [1.29, 1.82) is 0 Å². The Bertz CT molecular complexity index is 634. The highest BCUT2D eigenvalue weighted by molar-refractivity contribution is 5.73. The lowest BCUT2D eigenvalue weighted by atomic mass is 10.1. The molecule has 1 atom stereocenters. The molecule has 0 fully saturated rings. The van der Waals surface area contributed by atoms with Gasteiger partial charge in [-0.15, -0.1) is 0 Å². The quantitative estimate of drug-likeness (QED) is 0.536. The molecule has 1 amide bonds. The van der Waals surface area contributed by atoms with Gasteiger partial charge in [0, 0.05) is 30.9 Å². The van der Waals surface area contributed by atoms with Crippen molar-refractivity contribution in [3.8, 4) is 17.6 Å². The number of carboxylic acids is 1. The Labute approximate surface area is 141 Å². The fourth-order valence-electron chi connectivity index (χ4n) is 1.92. The number of aliphatic carboxylic acids is 1. The molecule has 3 N–H and O–H groups in total. The fourth-order valence-corrected chi connectivity index (χ4v) is 1.92. The summed E-state index contributed by atoms with van der Waals surface area (Å²) in [6, 6.07) is 4.21. The van der Waals surface area contributed by atoms with Crippen molar-refractivity contribution in [3.05, 3.63) is 29.6 Å². The Morgan fingerprint density at radius 3 is 2.75 bits per heavy atom. The van der Waals surface area contributed by atoms with Crippen molar-refractivity contribution in [2.24, 2.45) is 11.7 Å². The van der Waals surface area contributed by atoms with Crippen molar-refractivity contribution < 1.29 is 23.8 Å². The molecule has 0 spiro atoms. The molecule has 0 heterocycles. The molecule has 0 unspecified atom stereocenters. The van der Waals surface area contributed by atoms with Crippen LogP contribution in [0.1, 0.15) is 44.6 Å². The fraction of sp³-hybridized carbons (Fsp3) is 0.444. The molecule has 130 valence electrons. The summed E-state index contributed by atoms with van der Waals surface area (Å²) in [5.74, 6) is 4.45. The minimum Gasteiger partial charge on any atom is -0.493 e. The number of unbranched alkanes of at least 4 members (excludes halogenated alkanes) is 1. The number of amides is 1. The molecule has 1 rings (SSSR count). The lowest BCUT2D eigenvalue weighted by Crippen LogP contribution is -2.15. The number of hydrogen-bond donors (Lipinski definition) is 2. The van der Waals surface area contributed by atoms with Gasteiger partial charge in [0.2, 0.25) is 5.91 Å². The molecule has 1 aromatic carbocycles. The summed E-state index contributed by atoms with van der Waals surface area (Å²) in [6.45, 7) is 2.27. The van der Waals surface area contributed by atoms with Gasteiger partial charge in [-0.25, -0.2) is 4.39 Å². The summed E-state index contributed by atoms with van der Waals surface area (Å²) >= 11 is 0. The molecule has 0 aliphatic heterocycles. The molecule has 6 heteroatoms. The number of halogens is 1. The minimum atomic E-state index is -0.858. The second kappa shape index (κ2) is 10.3. The van der Waals surface area contributed by atoms with Crippen LogP contribution in [0.2, 0.25) is 0 Å². The first kappa shape index (κ1) is 19.5. The number of primary amides is 1. The van der Waals surface area contributed by atoms with Crippen LogP contribution in [0.4, 0.5) is 4.39 Å². The molecule has 0 saturated heterocycles. The van der Waals surface area contributed by atoms with E-state index in [1.807, 2.05) is 6.92 Å². The second-order valence-electron chi connectivity index (χ2n) is 5.65. The molecular formula is C18H22FNO4. The lowest BCUT2D eigenvalue weighted by molar-refractivity contribution is -0.137. The zero-order valence-corrected chi connectivity index (χ0v) is 13.7. The third kappa shape index (κ3) is 8.79. The van der Waals surface area contributed by atoms with Gasteiger partial charge in [0.15, 0.2) is 0 Å². The number of ether oxygens (including phenoxy) is 1. The van der Waals surface area contributed by atoms with E-state index < -0.39 is 11.8 Å². The Morgan fingerprint density at radius 1 is 1.33 bits per heavy atom. The van der Waals surface area contributed by atoms with Gasteiger partial charge in [-0.2, -0.15) is 0 Å². The first-order chi connectivity index (χ1) is 11.4. The Hall–Kier alpha value is -2.55. The van der Waals surface area contributed by atoms with E-state index in [1.54, 1.807) is 6.07 Å². The van der Waals surface area contributed by atoms with Crippen molar-refractivity contribution in [2.45, 2.75) is 39.0 Å². The maximum atomic E-state index is 13.6. The highest BCUT2D eigenvalue weighted by Gasteiger charge is 2.07. The van der Waals surface area contributed by atoms with Crippen molar-refractivity contribution in [1.82, 2.24) is 0 Å². The third-order valence-electron chi connectivity index (χ3n) is 3.21. The predicted molar refractivity (Wildman–Crippen MR) is 87.9 cm³/mol. The Kier molecular flexibility index (Phi) is 8.34. The van der Waals surface area contributed by atoms with Gasteiger partial charge in [0.05, 0.1) is 6.61 Å². The SMILES string of the molecule is C[C@@H](CCC(N)=O)COc1cc(F)cc(C#CCCCC(=O)O)c1. The molecule has 24 heavy (non-hydrogen) atoms. The van der Waals surface area contributed by atoms with E-state index in [-0.39, 0.29) is 18.2 Å². The van der Waals surface area contributed by atoms with Crippen LogP contribution in [0.25, 0.3) is 0 Å². The zero-order chi connectivity index (χ0) is 17.9. The number of hydrogen-bond acceptors (Lipinski definition) is 3. The topological polar surface area (TPSA) is 89.6 Å². The van der Waals surface area contributed by atoms with Crippen LogP contribution in [-0.2, 0) is 9.59 Å². The highest BCUT2D eigenvalue weighted by Crippen LogP contribution is 2.17. The van der Waals surface area contributed by atoms with E-state index in [1.165, 1.54) is 12.1 Å². The summed E-state index contributed by atoms with van der Waals surface area (Å²) < 4.78 is 19.1. The van der Waals surface area contributed by atoms with Crippen LogP contribution < -0.4 is 10.5 Å². The maximum Gasteiger partial charge on any atom is 0.303 e.